The van der Waals surface area contributed by atoms with Crippen LogP contribution < -0.4 is 16.2 Å². The fourth-order valence-electron chi connectivity index (χ4n) is 1.09. The van der Waals surface area contributed by atoms with E-state index >= 15 is 0 Å². The molecule has 0 atom stereocenters. The van der Waals surface area contributed by atoms with E-state index in [9.17, 15) is 22.8 Å². The minimum atomic E-state index is -4.52. The number of amides is 3. The summed E-state index contributed by atoms with van der Waals surface area (Å²) in [6.45, 7) is -1.53. The summed E-state index contributed by atoms with van der Waals surface area (Å²) in [7, 11) is 0. The van der Waals surface area contributed by atoms with E-state index in [2.05, 4.69) is 0 Å². The number of alkyl halides is 3. The average molecular weight is 291 g/mol. The third kappa shape index (κ3) is 7.09. The summed E-state index contributed by atoms with van der Waals surface area (Å²) >= 11 is 0. The summed E-state index contributed by atoms with van der Waals surface area (Å²) in [5.41, 5.74) is 4.24. The molecule has 20 heavy (non-hydrogen) atoms. The molecule has 0 heterocycles. The second-order valence-electron chi connectivity index (χ2n) is 3.61. The highest BCUT2D eigenvalue weighted by molar-refractivity contribution is 5.77. The molecule has 6 nitrogen and oxygen atoms in total. The number of rotatable bonds is 3. The van der Waals surface area contributed by atoms with Crippen LogP contribution >= 0.6 is 0 Å². The zero-order chi connectivity index (χ0) is 15.0. The summed E-state index contributed by atoms with van der Waals surface area (Å²) < 4.78 is 40.0. The van der Waals surface area contributed by atoms with Gasteiger partial charge in [-0.25, -0.2) is 20.4 Å². The Morgan fingerprint density at radius 1 is 1.10 bits per heavy atom. The molecule has 3 amide bonds. The first-order valence-corrected chi connectivity index (χ1v) is 5.44. The minimum absolute atomic E-state index is 0.0292. The van der Waals surface area contributed by atoms with E-state index in [1.54, 1.807) is 41.2 Å². The largest absolute Gasteiger partial charge is 0.443 e. The Morgan fingerprint density at radius 3 is 2.35 bits per heavy atom. The Bertz CT molecular complexity index is 451. The van der Waals surface area contributed by atoms with Crippen molar-refractivity contribution in [1.82, 2.24) is 16.2 Å². The van der Waals surface area contributed by atoms with Crippen LogP contribution in [0.4, 0.5) is 22.8 Å². The fourth-order valence-corrected chi connectivity index (χ4v) is 1.09. The van der Waals surface area contributed by atoms with E-state index < -0.39 is 24.8 Å². The van der Waals surface area contributed by atoms with E-state index in [0.29, 0.717) is 0 Å². The van der Waals surface area contributed by atoms with Gasteiger partial charge >= 0.3 is 18.3 Å². The van der Waals surface area contributed by atoms with Crippen LogP contribution in [0.3, 0.4) is 0 Å². The van der Waals surface area contributed by atoms with Gasteiger partial charge in [-0.15, -0.1) is 0 Å². The van der Waals surface area contributed by atoms with Crippen molar-refractivity contribution in [2.45, 2.75) is 12.8 Å². The lowest BCUT2D eigenvalue weighted by atomic mass is 10.2. The predicted octanol–water partition coefficient (Wildman–Crippen LogP) is 1.69. The summed E-state index contributed by atoms with van der Waals surface area (Å²) in [6.07, 6.45) is -5.51. The lowest BCUT2D eigenvalue weighted by Gasteiger charge is -2.10. The molecule has 1 rings (SSSR count). The topological polar surface area (TPSA) is 79.5 Å². The maximum absolute atomic E-state index is 11.8. The van der Waals surface area contributed by atoms with E-state index in [1.165, 1.54) is 5.32 Å². The maximum atomic E-state index is 11.8. The third-order valence-corrected chi connectivity index (χ3v) is 1.94. The average Bonchev–Trinajstić information content (AvgIpc) is 2.41. The first-order valence-electron chi connectivity index (χ1n) is 5.44. The van der Waals surface area contributed by atoms with Crippen LogP contribution in [0, 0.1) is 0 Å². The first kappa shape index (κ1) is 15.6. The van der Waals surface area contributed by atoms with Crippen LogP contribution in [-0.4, -0.2) is 24.8 Å². The lowest BCUT2D eigenvalue weighted by molar-refractivity contribution is -0.122. The third-order valence-electron chi connectivity index (χ3n) is 1.94. The molecule has 110 valence electrons. The first-order chi connectivity index (χ1) is 9.37. The summed E-state index contributed by atoms with van der Waals surface area (Å²) in [5.74, 6) is 0. The van der Waals surface area contributed by atoms with Gasteiger partial charge in [0.15, 0.2) is 0 Å². The Morgan fingerprint density at radius 2 is 1.75 bits per heavy atom. The van der Waals surface area contributed by atoms with Crippen molar-refractivity contribution in [1.29, 1.82) is 0 Å². The number of nitrogens with one attached hydrogen (secondary N) is 3. The van der Waals surface area contributed by atoms with Gasteiger partial charge in [-0.05, 0) is 5.56 Å². The summed E-state index contributed by atoms with van der Waals surface area (Å²) in [4.78, 5) is 22.0. The molecule has 0 bridgehead atoms. The number of urea groups is 1. The quantitative estimate of drug-likeness (QED) is 0.741. The zero-order valence-corrected chi connectivity index (χ0v) is 10.2. The van der Waals surface area contributed by atoms with Crippen LogP contribution in [0.5, 0.6) is 0 Å². The van der Waals surface area contributed by atoms with Crippen LogP contribution in [0.2, 0.25) is 0 Å². The molecule has 3 N–H and O–H groups in total. The fraction of sp³-hybridized carbons (Fsp3) is 0.273. The molecular weight excluding hydrogens is 279 g/mol. The SMILES string of the molecule is O=C(NCC(F)(F)F)NNC(=O)OCc1ccccc1. The normalized spacial score (nSPS) is 10.6. The number of carbonyl (C=O) groups excluding carboxylic acids is 2. The van der Waals surface area contributed by atoms with Gasteiger partial charge in [0.1, 0.15) is 13.2 Å². The second-order valence-corrected chi connectivity index (χ2v) is 3.61. The van der Waals surface area contributed by atoms with Crippen molar-refractivity contribution in [2.75, 3.05) is 6.54 Å². The molecule has 0 spiro atoms. The number of hydrogen-bond acceptors (Lipinski definition) is 3. The zero-order valence-electron chi connectivity index (χ0n) is 10.2. The van der Waals surface area contributed by atoms with Gasteiger partial charge in [0, 0.05) is 0 Å². The molecular formula is C11H12F3N3O3. The highest BCUT2D eigenvalue weighted by Gasteiger charge is 2.27. The Balaban J connectivity index is 2.18. The van der Waals surface area contributed by atoms with Crippen molar-refractivity contribution in [3.05, 3.63) is 35.9 Å². The van der Waals surface area contributed by atoms with Gasteiger partial charge in [0.2, 0.25) is 0 Å². The number of ether oxygens (including phenoxy) is 1. The number of halogens is 3. The summed E-state index contributed by atoms with van der Waals surface area (Å²) in [5, 5.41) is 1.51. The van der Waals surface area contributed by atoms with Gasteiger partial charge in [0.25, 0.3) is 0 Å². The standard InChI is InChI=1S/C11H12F3N3O3/c12-11(13,14)7-15-9(18)16-17-10(19)20-6-8-4-2-1-3-5-8/h1-5H,6-7H2,(H,17,19)(H2,15,16,18). The predicted molar refractivity (Wildman–Crippen MR) is 62.4 cm³/mol. The highest BCUT2D eigenvalue weighted by atomic mass is 19.4. The molecule has 9 heteroatoms. The van der Waals surface area contributed by atoms with Gasteiger partial charge in [-0.2, -0.15) is 13.2 Å². The molecule has 0 aromatic heterocycles. The minimum Gasteiger partial charge on any atom is -0.443 e. The molecule has 0 saturated heterocycles. The van der Waals surface area contributed by atoms with E-state index in [4.69, 9.17) is 4.74 Å². The Kier molecular flexibility index (Phi) is 5.63. The number of carbonyl (C=O) groups is 2. The van der Waals surface area contributed by atoms with Crippen LogP contribution in [0.1, 0.15) is 5.56 Å². The van der Waals surface area contributed by atoms with Crippen molar-refractivity contribution < 1.29 is 27.5 Å². The van der Waals surface area contributed by atoms with Crippen molar-refractivity contribution in [3.63, 3.8) is 0 Å². The summed E-state index contributed by atoms with van der Waals surface area (Å²) in [6, 6.07) is 7.53. The maximum Gasteiger partial charge on any atom is 0.426 e. The molecule has 1 aromatic carbocycles. The number of benzene rings is 1. The van der Waals surface area contributed by atoms with E-state index in [1.807, 2.05) is 0 Å². The van der Waals surface area contributed by atoms with E-state index in [-0.39, 0.29) is 6.61 Å². The van der Waals surface area contributed by atoms with Gasteiger partial charge in [0.05, 0.1) is 0 Å². The molecule has 0 fully saturated rings. The highest BCUT2D eigenvalue weighted by Crippen LogP contribution is 2.11. The van der Waals surface area contributed by atoms with Crippen LogP contribution in [-0.2, 0) is 11.3 Å². The smallest absolute Gasteiger partial charge is 0.426 e. The van der Waals surface area contributed by atoms with Crippen molar-refractivity contribution >= 4 is 12.1 Å². The molecule has 0 saturated carbocycles. The molecule has 0 aliphatic rings. The monoisotopic (exact) mass is 291 g/mol. The van der Waals surface area contributed by atoms with Crippen LogP contribution in [0.25, 0.3) is 0 Å². The van der Waals surface area contributed by atoms with Crippen molar-refractivity contribution in [3.8, 4) is 0 Å². The molecule has 0 aliphatic heterocycles. The molecule has 0 radical (unpaired) electrons. The Hall–Kier alpha value is -2.45. The Labute approximate surface area is 112 Å². The van der Waals surface area contributed by atoms with Gasteiger partial charge < -0.3 is 10.1 Å². The van der Waals surface area contributed by atoms with E-state index in [0.717, 1.165) is 5.56 Å². The van der Waals surface area contributed by atoms with Crippen LogP contribution in [0.15, 0.2) is 30.3 Å². The molecule has 0 aliphatic carbocycles. The number of hydrogen-bond donors (Lipinski definition) is 3. The van der Waals surface area contributed by atoms with Gasteiger partial charge in [-0.3, -0.25) is 0 Å². The van der Waals surface area contributed by atoms with Crippen molar-refractivity contribution in [2.24, 2.45) is 0 Å². The number of hydrazine groups is 1. The second kappa shape index (κ2) is 7.22. The molecule has 0 unspecified atom stereocenters. The lowest BCUT2D eigenvalue weighted by Crippen LogP contribution is -2.49. The van der Waals surface area contributed by atoms with Gasteiger partial charge in [-0.1, -0.05) is 30.3 Å². The molecule has 1 aromatic rings.